The molecule has 1 saturated carbocycles. The predicted octanol–water partition coefficient (Wildman–Crippen LogP) is 5.20. The van der Waals surface area contributed by atoms with Crippen molar-refractivity contribution < 1.29 is 24.2 Å². The van der Waals surface area contributed by atoms with Gasteiger partial charge < -0.3 is 24.2 Å². The van der Waals surface area contributed by atoms with E-state index >= 15 is 0 Å². The largest absolute Gasteiger partial charge is 0.465 e. The van der Waals surface area contributed by atoms with Gasteiger partial charge >= 0.3 is 12.1 Å². The topological polar surface area (TPSA) is 105 Å². The minimum Gasteiger partial charge on any atom is -0.465 e. The molecule has 1 saturated heterocycles. The predicted molar refractivity (Wildman–Crippen MR) is 154 cm³/mol. The summed E-state index contributed by atoms with van der Waals surface area (Å²) in [5, 5.41) is 9.69. The summed E-state index contributed by atoms with van der Waals surface area (Å²) in [4.78, 5) is 46.4. The lowest BCUT2D eigenvalue weighted by Gasteiger charge is -2.40. The Labute approximate surface area is 240 Å². The smallest absolute Gasteiger partial charge is 0.407 e. The van der Waals surface area contributed by atoms with Gasteiger partial charge in [0.15, 0.2) is 5.69 Å². The molecule has 2 aromatic carbocycles. The second kappa shape index (κ2) is 12.8. The Hall–Kier alpha value is -4.40. The van der Waals surface area contributed by atoms with Crippen LogP contribution in [0.5, 0.6) is 0 Å². The molecule has 1 aromatic heterocycles. The van der Waals surface area contributed by atoms with Crippen molar-refractivity contribution >= 4 is 18.0 Å². The van der Waals surface area contributed by atoms with E-state index in [0.717, 1.165) is 42.4 Å². The Balaban J connectivity index is 1.53. The van der Waals surface area contributed by atoms with Crippen LogP contribution in [0.25, 0.3) is 11.3 Å². The molecule has 0 radical (unpaired) electrons. The van der Waals surface area contributed by atoms with Crippen LogP contribution >= 0.6 is 0 Å². The highest BCUT2D eigenvalue weighted by atomic mass is 16.5. The number of rotatable bonds is 7. The fourth-order valence-corrected chi connectivity index (χ4v) is 5.97. The Bertz CT molecular complexity index is 1400. The Morgan fingerprint density at radius 2 is 1.76 bits per heavy atom. The van der Waals surface area contributed by atoms with Crippen molar-refractivity contribution in [2.24, 2.45) is 0 Å². The van der Waals surface area contributed by atoms with Crippen molar-refractivity contribution in [2.45, 2.75) is 51.1 Å². The molecule has 9 nitrogen and oxygen atoms in total. The monoisotopic (exact) mass is 556 g/mol. The molecule has 2 aliphatic rings. The maximum Gasteiger partial charge on any atom is 0.407 e. The number of carboxylic acid groups (broad SMARTS) is 1. The van der Waals surface area contributed by atoms with Gasteiger partial charge in [0, 0.05) is 31.3 Å². The van der Waals surface area contributed by atoms with Gasteiger partial charge in [-0.1, -0.05) is 67.1 Å². The van der Waals surface area contributed by atoms with Crippen LogP contribution in [0.1, 0.15) is 54.7 Å². The molecule has 2 fully saturated rings. The van der Waals surface area contributed by atoms with Gasteiger partial charge in [-0.15, -0.1) is 0 Å². The first kappa shape index (κ1) is 28.1. The van der Waals surface area contributed by atoms with Crippen LogP contribution in [0.4, 0.5) is 4.79 Å². The summed E-state index contributed by atoms with van der Waals surface area (Å²) in [5.74, 6) is -0.576. The molecular formula is C32H36N4O5. The molecule has 3 aromatic rings. The number of aromatic nitrogens is 2. The van der Waals surface area contributed by atoms with E-state index in [-0.39, 0.29) is 43.6 Å². The van der Waals surface area contributed by atoms with Crippen LogP contribution in [0.3, 0.4) is 0 Å². The number of nitrogens with zero attached hydrogens (tertiary/aromatic N) is 4. The van der Waals surface area contributed by atoms with Crippen molar-refractivity contribution in [3.05, 3.63) is 89.9 Å². The molecule has 0 spiro atoms. The average molecular weight is 557 g/mol. The average Bonchev–Trinajstić information content (AvgIpc) is 3.43. The summed E-state index contributed by atoms with van der Waals surface area (Å²) in [6, 6.07) is 19.1. The second-order valence-electron chi connectivity index (χ2n) is 10.5. The van der Waals surface area contributed by atoms with E-state index < -0.39 is 6.09 Å². The molecule has 0 bridgehead atoms. The maximum atomic E-state index is 14.3. The highest BCUT2D eigenvalue weighted by molar-refractivity contribution is 5.98. The number of amides is 2. The number of allylic oxidation sites excluding steroid dienone is 1. The first-order valence-electron chi connectivity index (χ1n) is 14.3. The van der Waals surface area contributed by atoms with Gasteiger partial charge in [-0.3, -0.25) is 4.79 Å². The summed E-state index contributed by atoms with van der Waals surface area (Å²) in [5.41, 5.74) is 3.90. The number of piperazine rings is 1. The third kappa shape index (κ3) is 6.34. The van der Waals surface area contributed by atoms with E-state index in [1.807, 2.05) is 65.2 Å². The molecule has 1 N–H and O–H groups in total. The van der Waals surface area contributed by atoms with Crippen molar-refractivity contribution in [3.8, 4) is 11.3 Å². The van der Waals surface area contributed by atoms with E-state index in [4.69, 9.17) is 4.74 Å². The second-order valence-corrected chi connectivity index (χ2v) is 10.5. The highest BCUT2D eigenvalue weighted by Gasteiger charge is 2.36. The number of carbonyl (C=O) groups excluding carboxylic acids is 2. The van der Waals surface area contributed by atoms with Crippen LogP contribution in [0, 0.1) is 0 Å². The Morgan fingerprint density at radius 3 is 2.46 bits per heavy atom. The van der Waals surface area contributed by atoms with Crippen LogP contribution in [-0.2, 0) is 16.0 Å². The molecule has 2 amide bonds. The summed E-state index contributed by atoms with van der Waals surface area (Å²) in [6.45, 7) is 2.85. The van der Waals surface area contributed by atoms with E-state index in [2.05, 4.69) is 4.98 Å². The number of hydrogen-bond donors (Lipinski definition) is 1. The number of carbonyl (C=O) groups is 3. The highest BCUT2D eigenvalue weighted by Crippen LogP contribution is 2.38. The number of esters is 1. The van der Waals surface area contributed by atoms with Gasteiger partial charge in [-0.25, -0.2) is 14.6 Å². The van der Waals surface area contributed by atoms with Crippen LogP contribution in [-0.4, -0.2) is 74.7 Å². The van der Waals surface area contributed by atoms with E-state index in [9.17, 15) is 19.5 Å². The molecular weight excluding hydrogens is 520 g/mol. The molecule has 1 aliphatic carbocycles. The summed E-state index contributed by atoms with van der Waals surface area (Å²) >= 11 is 0. The molecule has 1 aliphatic heterocycles. The zero-order chi connectivity index (χ0) is 28.8. The lowest BCUT2D eigenvalue weighted by molar-refractivity contribution is -0.137. The van der Waals surface area contributed by atoms with E-state index in [0.29, 0.717) is 24.4 Å². The molecule has 214 valence electrons. The van der Waals surface area contributed by atoms with E-state index in [1.54, 1.807) is 24.2 Å². The first-order valence-corrected chi connectivity index (χ1v) is 14.3. The van der Waals surface area contributed by atoms with Crippen molar-refractivity contribution in [3.63, 3.8) is 0 Å². The molecule has 0 unspecified atom stereocenters. The van der Waals surface area contributed by atoms with Gasteiger partial charge in [-0.05, 0) is 43.7 Å². The zero-order valence-corrected chi connectivity index (χ0v) is 23.3. The fraction of sp³-hybridized carbons (Fsp3) is 0.375. The van der Waals surface area contributed by atoms with E-state index in [1.165, 1.54) is 4.90 Å². The molecule has 2 atom stereocenters. The number of benzene rings is 2. The summed E-state index contributed by atoms with van der Waals surface area (Å²) in [6.07, 6.45) is 6.44. The van der Waals surface area contributed by atoms with Gasteiger partial charge in [0.25, 0.3) is 5.91 Å². The zero-order valence-electron chi connectivity index (χ0n) is 23.3. The quantitative estimate of drug-likeness (QED) is 0.317. The van der Waals surface area contributed by atoms with Crippen molar-refractivity contribution in [1.29, 1.82) is 0 Å². The number of hydrogen-bond acceptors (Lipinski definition) is 5. The van der Waals surface area contributed by atoms with Crippen LogP contribution < -0.4 is 0 Å². The third-order valence-electron chi connectivity index (χ3n) is 7.92. The number of imidazole rings is 1. The molecule has 9 heteroatoms. The molecule has 2 heterocycles. The SMILES string of the molecule is CCOC(=O)C=C1CCCC[C@@H]1n1cnc(C(=O)N2CCN(C(=O)O)C[C@H]2Cc2ccccc2)c1-c1ccccc1. The van der Waals surface area contributed by atoms with Gasteiger partial charge in [0.2, 0.25) is 0 Å². The maximum absolute atomic E-state index is 14.3. The summed E-state index contributed by atoms with van der Waals surface area (Å²) in [7, 11) is 0. The normalized spacial score (nSPS) is 20.2. The minimum atomic E-state index is -0.984. The lowest BCUT2D eigenvalue weighted by atomic mass is 9.89. The molecule has 41 heavy (non-hydrogen) atoms. The fourth-order valence-electron chi connectivity index (χ4n) is 5.97. The van der Waals surface area contributed by atoms with Gasteiger partial charge in [0.1, 0.15) is 0 Å². The summed E-state index contributed by atoms with van der Waals surface area (Å²) < 4.78 is 7.24. The third-order valence-corrected chi connectivity index (χ3v) is 7.92. The van der Waals surface area contributed by atoms with Gasteiger partial charge in [-0.2, -0.15) is 0 Å². The Kier molecular flexibility index (Phi) is 8.82. The van der Waals surface area contributed by atoms with Crippen LogP contribution in [0.2, 0.25) is 0 Å². The Morgan fingerprint density at radius 1 is 1.02 bits per heavy atom. The molecule has 5 rings (SSSR count). The van der Waals surface area contributed by atoms with Crippen molar-refractivity contribution in [2.75, 3.05) is 26.2 Å². The minimum absolute atomic E-state index is 0.124. The standard InChI is InChI=1S/C32H36N4O5/c1-2-41-28(37)20-25-15-9-10-16-27(25)36-22-33-29(30(36)24-13-7-4-8-14-24)31(38)35-18-17-34(32(39)40)21-26(35)19-23-11-5-3-6-12-23/h3-8,11-14,20,22,26-27H,2,9-10,15-19,21H2,1H3,(H,39,40)/t26-,27+/m1/s1. The van der Waals surface area contributed by atoms with Crippen LogP contribution in [0.15, 0.2) is 78.6 Å². The van der Waals surface area contributed by atoms with Crippen molar-refractivity contribution in [1.82, 2.24) is 19.4 Å². The number of ether oxygens (including phenoxy) is 1. The van der Waals surface area contributed by atoms with Gasteiger partial charge in [0.05, 0.1) is 30.7 Å². The first-order chi connectivity index (χ1) is 20.0. The lowest BCUT2D eigenvalue weighted by Crippen LogP contribution is -2.57.